The number of benzene rings is 1. The lowest BCUT2D eigenvalue weighted by molar-refractivity contribution is -0.124. The third-order valence-corrected chi connectivity index (χ3v) is 11.2. The molecule has 3 rings (SSSR count). The highest BCUT2D eigenvalue weighted by molar-refractivity contribution is 14.2. The zero-order valence-corrected chi connectivity index (χ0v) is 24.8. The summed E-state index contributed by atoms with van der Waals surface area (Å²) in [6.07, 6.45) is -5.75. The molecule has 230 valence electrons. The standard InChI is InChI=1S/C25H30F7IN4O3S/c1-14-20(27)11-21(37(14)41(39,40)19-9-5-17(26)6-10-19)23(38)36-13-15(22(34)24(28,29)30)12-35-18-7-3-16(4-8-18)25(31,32)33-2/h5-6,9-10,12,14,16,18,20-21H,2-4,7-8,11,13,34H2,1H3,(H,36,38)/t14-,16?,18?,20+,21-/m0/s1. The van der Waals surface area contributed by atoms with Crippen LogP contribution in [0.15, 0.2) is 45.4 Å². The Morgan fingerprint density at radius 2 is 1.76 bits per heavy atom. The van der Waals surface area contributed by atoms with Crippen LogP contribution < -0.4 is 11.1 Å². The van der Waals surface area contributed by atoms with Crippen molar-refractivity contribution in [2.24, 2.45) is 16.6 Å². The Bertz CT molecular complexity index is 1280. The van der Waals surface area contributed by atoms with Crippen molar-refractivity contribution in [2.75, 3.05) is 6.54 Å². The van der Waals surface area contributed by atoms with Gasteiger partial charge in [0.15, 0.2) is 0 Å². The first kappa shape index (κ1) is 33.4. The van der Waals surface area contributed by atoms with E-state index >= 15 is 0 Å². The van der Waals surface area contributed by atoms with E-state index in [9.17, 15) is 43.9 Å². The average Bonchev–Trinajstić information content (AvgIpc) is 3.22. The summed E-state index contributed by atoms with van der Waals surface area (Å²) in [6, 6.07) is 0.247. The van der Waals surface area contributed by atoms with E-state index in [-0.39, 0.29) is 25.7 Å². The maximum Gasteiger partial charge on any atom is 0.431 e. The fourth-order valence-corrected chi connectivity index (χ4v) is 7.90. The molecule has 1 aliphatic carbocycles. The molecule has 2 fully saturated rings. The van der Waals surface area contributed by atoms with Gasteiger partial charge in [-0.2, -0.15) is 26.3 Å². The molecule has 41 heavy (non-hydrogen) atoms. The summed E-state index contributed by atoms with van der Waals surface area (Å²) in [5.74, 6) is -2.64. The van der Waals surface area contributed by atoms with Gasteiger partial charge in [0.2, 0.25) is 15.9 Å². The summed E-state index contributed by atoms with van der Waals surface area (Å²) in [4.78, 5) is 16.7. The topological polar surface area (TPSA) is 105 Å². The summed E-state index contributed by atoms with van der Waals surface area (Å²) >= 11 is -1.56. The molecule has 3 atom stereocenters. The Morgan fingerprint density at radius 1 is 1.17 bits per heavy atom. The second-order valence-corrected chi connectivity index (χ2v) is 14.0. The number of nitrogens with one attached hydrogen (secondary N) is 1. The normalized spacial score (nSPS) is 27.2. The van der Waals surface area contributed by atoms with E-state index in [1.165, 1.54) is 6.92 Å². The molecule has 7 nitrogen and oxygen atoms in total. The molecule has 1 amide bonds. The highest BCUT2D eigenvalue weighted by atomic mass is 127. The minimum Gasteiger partial charge on any atom is -0.394 e. The van der Waals surface area contributed by atoms with Crippen LogP contribution in [0, 0.1) is 11.7 Å². The molecule has 0 aromatic heterocycles. The Kier molecular flexibility index (Phi) is 10.6. The first-order valence-electron chi connectivity index (χ1n) is 12.6. The number of carbonyl (C=O) groups is 1. The number of rotatable bonds is 9. The summed E-state index contributed by atoms with van der Waals surface area (Å²) in [6.45, 7) is 0.432. The smallest absolute Gasteiger partial charge is 0.394 e. The molecule has 0 spiro atoms. The molecular formula is C25H30F7IN4O3S. The lowest BCUT2D eigenvalue weighted by Gasteiger charge is -2.30. The van der Waals surface area contributed by atoms with Crippen molar-refractivity contribution in [1.29, 1.82) is 0 Å². The number of aliphatic imine (C=N–C) groups is 1. The predicted molar refractivity (Wildman–Crippen MR) is 149 cm³/mol. The van der Waals surface area contributed by atoms with Gasteiger partial charge in [0.25, 0.3) is 3.93 Å². The molecule has 0 radical (unpaired) electrons. The van der Waals surface area contributed by atoms with Crippen LogP contribution in [-0.4, -0.2) is 70.3 Å². The number of sulfonamides is 1. The molecule has 16 heteroatoms. The van der Waals surface area contributed by atoms with Crippen LogP contribution >= 0.6 is 20.7 Å². The highest BCUT2D eigenvalue weighted by Crippen LogP contribution is 2.43. The van der Waals surface area contributed by atoms with Crippen LogP contribution in [-0.2, 0) is 14.8 Å². The van der Waals surface area contributed by atoms with Gasteiger partial charge in [-0.3, -0.25) is 9.79 Å². The molecule has 1 aliphatic heterocycles. The largest absolute Gasteiger partial charge is 0.431 e. The van der Waals surface area contributed by atoms with Gasteiger partial charge in [-0.15, -0.1) is 0 Å². The molecule has 1 aromatic rings. The lowest BCUT2D eigenvalue weighted by Crippen LogP contribution is -2.49. The van der Waals surface area contributed by atoms with E-state index in [0.29, 0.717) is 4.31 Å². The zero-order chi connectivity index (χ0) is 30.8. The zero-order valence-electron chi connectivity index (χ0n) is 21.9. The average molecular weight is 726 g/mol. The van der Waals surface area contributed by atoms with Crippen LogP contribution in [0.1, 0.15) is 39.0 Å². The van der Waals surface area contributed by atoms with E-state index in [1.54, 1.807) is 0 Å². The quantitative estimate of drug-likeness (QED) is 0.165. The van der Waals surface area contributed by atoms with Crippen molar-refractivity contribution in [3.63, 3.8) is 0 Å². The Hall–Kier alpha value is -2.08. The van der Waals surface area contributed by atoms with Gasteiger partial charge in [0.05, 0.1) is 10.9 Å². The molecule has 2 aliphatic rings. The third kappa shape index (κ3) is 7.86. The van der Waals surface area contributed by atoms with Crippen molar-refractivity contribution in [3.05, 3.63) is 41.4 Å². The SMILES string of the molecule is C=IC(F)(F)C1CCC(N=CC(CNC(=O)[C@@H]2C[C@@H](F)[C@H](C)N2S(=O)(=O)c2ccc(F)cc2)=C(N)C(F)(F)F)CC1. The van der Waals surface area contributed by atoms with Crippen LogP contribution in [0.3, 0.4) is 0 Å². The van der Waals surface area contributed by atoms with E-state index in [0.717, 1.165) is 30.5 Å². The Morgan fingerprint density at radius 3 is 2.29 bits per heavy atom. The van der Waals surface area contributed by atoms with Crippen molar-refractivity contribution in [3.8, 4) is 0 Å². The van der Waals surface area contributed by atoms with E-state index < -0.39 is 112 Å². The summed E-state index contributed by atoms with van der Waals surface area (Å²) in [7, 11) is -4.48. The molecule has 1 saturated carbocycles. The Balaban J connectivity index is 1.77. The van der Waals surface area contributed by atoms with Crippen LogP contribution in [0.4, 0.5) is 30.7 Å². The molecule has 1 saturated heterocycles. The van der Waals surface area contributed by atoms with Crippen LogP contribution in [0.2, 0.25) is 0 Å². The Labute approximate surface area is 243 Å². The molecule has 0 bridgehead atoms. The van der Waals surface area contributed by atoms with Gasteiger partial charge >= 0.3 is 6.18 Å². The maximum absolute atomic E-state index is 14.6. The number of hydrogen-bond donors (Lipinski definition) is 2. The van der Waals surface area contributed by atoms with Gasteiger partial charge in [0, 0.05) is 36.7 Å². The van der Waals surface area contributed by atoms with E-state index in [4.69, 9.17) is 5.73 Å². The monoisotopic (exact) mass is 726 g/mol. The first-order valence-corrected chi connectivity index (χ1v) is 16.6. The van der Waals surface area contributed by atoms with Gasteiger partial charge in [-0.05, 0) is 56.9 Å². The van der Waals surface area contributed by atoms with Crippen molar-refractivity contribution < 1.29 is 43.9 Å². The van der Waals surface area contributed by atoms with Crippen molar-refractivity contribution in [1.82, 2.24) is 9.62 Å². The lowest BCUT2D eigenvalue weighted by atomic mass is 9.86. The summed E-state index contributed by atoms with van der Waals surface area (Å²) in [5.41, 5.74) is 3.11. The maximum atomic E-state index is 14.6. The third-order valence-electron chi connectivity index (χ3n) is 7.26. The number of nitrogens with zero attached hydrogens (tertiary/aromatic N) is 2. The fourth-order valence-electron chi connectivity index (χ4n) is 4.84. The highest BCUT2D eigenvalue weighted by Gasteiger charge is 2.49. The number of halogens is 8. The number of allylic oxidation sites excluding steroid dienone is 1. The molecule has 1 aromatic carbocycles. The number of amides is 1. The number of nitrogens with two attached hydrogens (primary N) is 1. The minimum atomic E-state index is -4.99. The van der Waals surface area contributed by atoms with Gasteiger partial charge < -0.3 is 11.1 Å². The van der Waals surface area contributed by atoms with Crippen LogP contribution in [0.25, 0.3) is 0 Å². The molecule has 0 unspecified atom stereocenters. The molecule has 3 N–H and O–H groups in total. The number of hydrogen-bond acceptors (Lipinski definition) is 5. The van der Waals surface area contributed by atoms with E-state index in [1.807, 2.05) is 0 Å². The van der Waals surface area contributed by atoms with Crippen molar-refractivity contribution >= 4 is 47.4 Å². The van der Waals surface area contributed by atoms with Gasteiger partial charge in [-0.25, -0.2) is 17.2 Å². The number of carbonyl (C=O) groups excluding carboxylic acids is 1. The van der Waals surface area contributed by atoms with Gasteiger partial charge in [0.1, 0.15) is 23.7 Å². The summed E-state index contributed by atoms with van der Waals surface area (Å²) < 4.78 is 124. The van der Waals surface area contributed by atoms with E-state index in [2.05, 4.69) is 14.8 Å². The summed E-state index contributed by atoms with van der Waals surface area (Å²) in [5, 5.41) is 2.20. The van der Waals surface area contributed by atoms with Crippen LogP contribution in [0.5, 0.6) is 0 Å². The second-order valence-electron chi connectivity index (χ2n) is 9.91. The van der Waals surface area contributed by atoms with Gasteiger partial charge in [-0.1, -0.05) is 25.2 Å². The predicted octanol–water partition coefficient (Wildman–Crippen LogP) is 4.83. The molecular weight excluding hydrogens is 696 g/mol. The first-order chi connectivity index (χ1) is 19.0. The molecule has 1 heterocycles. The number of alkyl halides is 7. The second kappa shape index (κ2) is 13.1. The fraction of sp³-hybridized carbons (Fsp3) is 0.560. The van der Waals surface area contributed by atoms with Crippen molar-refractivity contribution in [2.45, 2.75) is 78.3 Å². The minimum absolute atomic E-state index is 0.136.